The Morgan fingerprint density at radius 1 is 1.77 bits per heavy atom. The molecule has 0 spiro atoms. The summed E-state index contributed by atoms with van der Waals surface area (Å²) in [5, 5.41) is 11.1. The normalized spacial score (nSPS) is 18.6. The van der Waals surface area contributed by atoms with Gasteiger partial charge < -0.3 is 5.11 Å². The zero-order valence-corrected chi connectivity index (χ0v) is 8.23. The van der Waals surface area contributed by atoms with E-state index in [1.807, 2.05) is 6.92 Å². The van der Waals surface area contributed by atoms with Gasteiger partial charge in [-0.3, -0.25) is 4.79 Å². The highest BCUT2D eigenvalue weighted by atomic mass is 32.1. The van der Waals surface area contributed by atoms with Gasteiger partial charge in [0.2, 0.25) is 0 Å². The molecule has 0 aliphatic heterocycles. The highest BCUT2D eigenvalue weighted by Gasteiger charge is 2.46. The van der Waals surface area contributed by atoms with E-state index in [0.717, 1.165) is 12.8 Å². The third kappa shape index (κ3) is 1.51. The summed E-state index contributed by atoms with van der Waals surface area (Å²) in [4.78, 5) is 15.8. The Morgan fingerprint density at radius 2 is 2.46 bits per heavy atom. The van der Waals surface area contributed by atoms with Crippen molar-refractivity contribution in [1.29, 1.82) is 0 Å². The van der Waals surface area contributed by atoms with Crippen LogP contribution in [0.3, 0.4) is 0 Å². The monoisotopic (exact) mass is 197 g/mol. The van der Waals surface area contributed by atoms with Crippen molar-refractivity contribution < 1.29 is 9.90 Å². The first-order valence-electron chi connectivity index (χ1n) is 4.26. The van der Waals surface area contributed by atoms with E-state index in [2.05, 4.69) is 4.98 Å². The Hall–Kier alpha value is -0.740. The minimum Gasteiger partial charge on any atom is -0.390 e. The fraction of sp³-hybridized carbons (Fsp3) is 0.556. The van der Waals surface area contributed by atoms with E-state index in [1.165, 1.54) is 11.3 Å². The Balaban J connectivity index is 2.20. The van der Waals surface area contributed by atoms with Gasteiger partial charge in [-0.25, -0.2) is 4.98 Å². The standard InChI is InChI=1S/C9H11NO2S/c1-9(2-3-9)7(12)8-10-6(4-11)5-13-8/h5,11H,2-4H2,1H3. The van der Waals surface area contributed by atoms with Crippen LogP contribution in [0.1, 0.15) is 35.3 Å². The number of aliphatic hydroxyl groups is 1. The molecule has 13 heavy (non-hydrogen) atoms. The summed E-state index contributed by atoms with van der Waals surface area (Å²) in [7, 11) is 0. The number of hydrogen-bond acceptors (Lipinski definition) is 4. The molecule has 1 aromatic rings. The van der Waals surface area contributed by atoms with Crippen LogP contribution in [-0.4, -0.2) is 15.9 Å². The average molecular weight is 197 g/mol. The van der Waals surface area contributed by atoms with Gasteiger partial charge in [0.1, 0.15) is 0 Å². The number of hydrogen-bond donors (Lipinski definition) is 1. The Bertz CT molecular complexity index is 341. The molecule has 1 heterocycles. The van der Waals surface area contributed by atoms with Crippen molar-refractivity contribution in [1.82, 2.24) is 4.98 Å². The van der Waals surface area contributed by atoms with E-state index in [1.54, 1.807) is 5.38 Å². The number of aliphatic hydroxyl groups excluding tert-OH is 1. The third-order valence-electron chi connectivity index (χ3n) is 2.46. The van der Waals surface area contributed by atoms with Crippen LogP contribution in [0.4, 0.5) is 0 Å². The number of carbonyl (C=O) groups excluding carboxylic acids is 1. The second kappa shape index (κ2) is 2.89. The lowest BCUT2D eigenvalue weighted by Gasteiger charge is -2.01. The average Bonchev–Trinajstić information content (AvgIpc) is 2.71. The summed E-state index contributed by atoms with van der Waals surface area (Å²) in [5.41, 5.74) is 0.447. The van der Waals surface area contributed by atoms with Crippen molar-refractivity contribution in [2.75, 3.05) is 0 Å². The molecule has 1 aromatic heterocycles. The molecule has 0 unspecified atom stereocenters. The summed E-state index contributed by atoms with van der Waals surface area (Å²) in [6.07, 6.45) is 1.94. The van der Waals surface area contributed by atoms with Gasteiger partial charge in [-0.1, -0.05) is 6.92 Å². The first kappa shape index (κ1) is 8.84. The second-order valence-electron chi connectivity index (χ2n) is 3.69. The van der Waals surface area contributed by atoms with Gasteiger partial charge in [-0.05, 0) is 12.8 Å². The van der Waals surface area contributed by atoms with Gasteiger partial charge in [-0.2, -0.15) is 0 Å². The summed E-state index contributed by atoms with van der Waals surface area (Å²) in [6.45, 7) is 1.88. The number of Topliss-reactive ketones (excluding diaryl/α,β-unsaturated/α-hetero) is 1. The molecule has 1 aliphatic carbocycles. The molecule has 1 fully saturated rings. The van der Waals surface area contributed by atoms with E-state index < -0.39 is 0 Å². The first-order valence-corrected chi connectivity index (χ1v) is 5.14. The molecule has 1 aliphatic rings. The minimum atomic E-state index is -0.148. The molecule has 0 radical (unpaired) electrons. The summed E-state index contributed by atoms with van der Waals surface area (Å²) in [6, 6.07) is 0. The van der Waals surface area contributed by atoms with Crippen LogP contribution < -0.4 is 0 Å². The molecule has 4 heteroatoms. The predicted molar refractivity (Wildman–Crippen MR) is 49.7 cm³/mol. The number of carbonyl (C=O) groups is 1. The van der Waals surface area contributed by atoms with E-state index >= 15 is 0 Å². The van der Waals surface area contributed by atoms with Gasteiger partial charge in [0.25, 0.3) is 0 Å². The van der Waals surface area contributed by atoms with E-state index in [4.69, 9.17) is 5.11 Å². The molecule has 70 valence electrons. The van der Waals surface area contributed by atoms with Crippen molar-refractivity contribution in [2.24, 2.45) is 5.41 Å². The van der Waals surface area contributed by atoms with Crippen LogP contribution in [0, 0.1) is 5.41 Å². The van der Waals surface area contributed by atoms with Crippen LogP contribution in [0.25, 0.3) is 0 Å². The van der Waals surface area contributed by atoms with Gasteiger partial charge in [0, 0.05) is 10.8 Å². The van der Waals surface area contributed by atoms with Crippen LogP contribution in [0.5, 0.6) is 0 Å². The number of ketones is 1. The fourth-order valence-electron chi connectivity index (χ4n) is 1.16. The molecule has 0 bridgehead atoms. The maximum Gasteiger partial charge on any atom is 0.197 e. The van der Waals surface area contributed by atoms with Crippen LogP contribution >= 0.6 is 11.3 Å². The van der Waals surface area contributed by atoms with Crippen molar-refractivity contribution in [3.8, 4) is 0 Å². The fourth-order valence-corrected chi connectivity index (χ4v) is 2.05. The van der Waals surface area contributed by atoms with Gasteiger partial charge in [-0.15, -0.1) is 11.3 Å². The van der Waals surface area contributed by atoms with Gasteiger partial charge >= 0.3 is 0 Å². The molecule has 3 nitrogen and oxygen atoms in total. The van der Waals surface area contributed by atoms with Crippen molar-refractivity contribution in [3.63, 3.8) is 0 Å². The maximum absolute atomic E-state index is 11.7. The zero-order chi connectivity index (χ0) is 9.47. The molecule has 1 saturated carbocycles. The molecular weight excluding hydrogens is 186 g/mol. The van der Waals surface area contributed by atoms with Crippen molar-refractivity contribution in [2.45, 2.75) is 26.4 Å². The molecule has 2 rings (SSSR count). The van der Waals surface area contributed by atoms with Gasteiger partial charge in [0.15, 0.2) is 10.8 Å². The smallest absolute Gasteiger partial charge is 0.197 e. The Labute approximate surface area is 80.4 Å². The van der Waals surface area contributed by atoms with Crippen LogP contribution in [0.2, 0.25) is 0 Å². The number of rotatable bonds is 3. The molecule has 1 N–H and O–H groups in total. The SMILES string of the molecule is CC1(C(=O)c2nc(CO)cs2)CC1. The highest BCUT2D eigenvalue weighted by Crippen LogP contribution is 2.47. The largest absolute Gasteiger partial charge is 0.390 e. The third-order valence-corrected chi connectivity index (χ3v) is 3.35. The van der Waals surface area contributed by atoms with Crippen LogP contribution in [0.15, 0.2) is 5.38 Å². The maximum atomic E-state index is 11.7. The topological polar surface area (TPSA) is 50.2 Å². The lowest BCUT2D eigenvalue weighted by Crippen LogP contribution is -2.11. The molecule has 0 aromatic carbocycles. The quantitative estimate of drug-likeness (QED) is 0.749. The zero-order valence-electron chi connectivity index (χ0n) is 7.41. The van der Waals surface area contributed by atoms with E-state index in [-0.39, 0.29) is 17.8 Å². The predicted octanol–water partition coefficient (Wildman–Crippen LogP) is 1.62. The Kier molecular flexibility index (Phi) is 1.96. The number of thiazole rings is 1. The lowest BCUT2D eigenvalue weighted by molar-refractivity contribution is 0.0912. The number of aromatic nitrogens is 1. The summed E-state index contributed by atoms with van der Waals surface area (Å²) >= 11 is 1.33. The molecular formula is C9H11NO2S. The number of nitrogens with zero attached hydrogens (tertiary/aromatic N) is 1. The molecule has 0 saturated heterocycles. The molecule has 0 amide bonds. The lowest BCUT2D eigenvalue weighted by atomic mass is 10.1. The Morgan fingerprint density at radius 3 is 2.92 bits per heavy atom. The van der Waals surface area contributed by atoms with Crippen molar-refractivity contribution >= 4 is 17.1 Å². The van der Waals surface area contributed by atoms with E-state index in [0.29, 0.717) is 10.7 Å². The van der Waals surface area contributed by atoms with Gasteiger partial charge in [0.05, 0.1) is 12.3 Å². The summed E-state index contributed by atoms with van der Waals surface area (Å²) < 4.78 is 0. The second-order valence-corrected chi connectivity index (χ2v) is 4.55. The highest BCUT2D eigenvalue weighted by molar-refractivity contribution is 7.11. The minimum absolute atomic E-state index is 0.0828. The summed E-state index contributed by atoms with van der Waals surface area (Å²) in [5.74, 6) is 0.136. The van der Waals surface area contributed by atoms with Crippen molar-refractivity contribution in [3.05, 3.63) is 16.1 Å². The van der Waals surface area contributed by atoms with Crippen LogP contribution in [-0.2, 0) is 6.61 Å². The molecule has 0 atom stereocenters. The van der Waals surface area contributed by atoms with E-state index in [9.17, 15) is 4.79 Å². The first-order chi connectivity index (χ1) is 6.15.